The van der Waals surface area contributed by atoms with E-state index in [1.54, 1.807) is 0 Å². The molecule has 1 aromatic heterocycles. The summed E-state index contributed by atoms with van der Waals surface area (Å²) >= 11 is 0. The summed E-state index contributed by atoms with van der Waals surface area (Å²) in [6, 6.07) is 4.14. The molecule has 2 N–H and O–H groups in total. The summed E-state index contributed by atoms with van der Waals surface area (Å²) < 4.78 is 96.0. The van der Waals surface area contributed by atoms with Gasteiger partial charge in [0.25, 0.3) is 0 Å². The lowest BCUT2D eigenvalue weighted by Gasteiger charge is -2.11. The molecule has 158 valence electrons. The number of esters is 1. The van der Waals surface area contributed by atoms with Gasteiger partial charge in [0, 0.05) is 17.1 Å². The Morgan fingerprint density at radius 3 is 2.10 bits per heavy atom. The van der Waals surface area contributed by atoms with Crippen LogP contribution >= 0.6 is 7.60 Å². The second-order valence-corrected chi connectivity index (χ2v) is 7.52. The predicted molar refractivity (Wildman–Crippen MR) is 88.8 cm³/mol. The SMILES string of the molecule is O=C(Oc1c(F)c(F)c(F)c(F)c1F)c1ccc2ncc(C(F)P(=O)(O)O)cc2c1. The van der Waals surface area contributed by atoms with Crippen molar-refractivity contribution in [2.45, 2.75) is 5.91 Å². The van der Waals surface area contributed by atoms with Gasteiger partial charge in [-0.05, 0) is 24.3 Å². The molecule has 30 heavy (non-hydrogen) atoms. The molecule has 0 fully saturated rings. The Hall–Kier alpha value is -2.95. The molecule has 6 nitrogen and oxygen atoms in total. The fourth-order valence-electron chi connectivity index (χ4n) is 2.43. The van der Waals surface area contributed by atoms with Crippen LogP contribution in [0.15, 0.2) is 30.5 Å². The monoisotopic (exact) mass is 451 g/mol. The largest absolute Gasteiger partial charge is 0.416 e. The van der Waals surface area contributed by atoms with Crippen LogP contribution in [0, 0.1) is 29.1 Å². The van der Waals surface area contributed by atoms with Crippen molar-refractivity contribution < 1.29 is 50.2 Å². The summed E-state index contributed by atoms with van der Waals surface area (Å²) in [7, 11) is -5.14. The van der Waals surface area contributed by atoms with E-state index in [4.69, 9.17) is 9.79 Å². The third-order valence-electron chi connectivity index (χ3n) is 3.87. The molecule has 0 saturated carbocycles. The molecule has 0 aliphatic carbocycles. The lowest BCUT2D eigenvalue weighted by Crippen LogP contribution is -2.13. The van der Waals surface area contributed by atoms with E-state index in [0.717, 1.165) is 24.4 Å². The van der Waals surface area contributed by atoms with Crippen LogP contribution in [0.2, 0.25) is 0 Å². The first-order chi connectivity index (χ1) is 13.9. The van der Waals surface area contributed by atoms with Crippen molar-refractivity contribution in [2.75, 3.05) is 0 Å². The molecule has 2 aromatic carbocycles. The average Bonchev–Trinajstić information content (AvgIpc) is 2.71. The minimum absolute atomic E-state index is 0.0181. The Bertz CT molecular complexity index is 1200. The minimum Gasteiger partial charge on any atom is -0.416 e. The van der Waals surface area contributed by atoms with Gasteiger partial charge in [-0.3, -0.25) is 9.55 Å². The van der Waals surface area contributed by atoms with Gasteiger partial charge < -0.3 is 14.5 Å². The van der Waals surface area contributed by atoms with Gasteiger partial charge in [-0.2, -0.15) is 8.78 Å². The third-order valence-corrected chi connectivity index (χ3v) is 4.76. The number of benzene rings is 2. The molecular formula is C17H8F6NO5P. The van der Waals surface area contributed by atoms with Crippen LogP contribution in [0.3, 0.4) is 0 Å². The quantitative estimate of drug-likeness (QED) is 0.153. The van der Waals surface area contributed by atoms with E-state index in [2.05, 4.69) is 9.72 Å². The summed E-state index contributed by atoms with van der Waals surface area (Å²) in [5, 5.41) is -0.0181. The number of nitrogens with zero attached hydrogens (tertiary/aromatic N) is 1. The van der Waals surface area contributed by atoms with Crippen molar-refractivity contribution in [1.29, 1.82) is 0 Å². The number of alkyl halides is 1. The van der Waals surface area contributed by atoms with Crippen molar-refractivity contribution in [3.63, 3.8) is 0 Å². The van der Waals surface area contributed by atoms with Crippen LogP contribution in [-0.2, 0) is 4.57 Å². The zero-order valence-corrected chi connectivity index (χ0v) is 15.1. The average molecular weight is 451 g/mol. The van der Waals surface area contributed by atoms with Crippen LogP contribution in [0.25, 0.3) is 10.9 Å². The molecule has 0 aliphatic rings. The molecule has 13 heteroatoms. The number of halogens is 6. The molecular weight excluding hydrogens is 443 g/mol. The van der Waals surface area contributed by atoms with Gasteiger partial charge in [-0.15, -0.1) is 0 Å². The van der Waals surface area contributed by atoms with Gasteiger partial charge in [-0.25, -0.2) is 22.4 Å². The summed E-state index contributed by atoms with van der Waals surface area (Å²) in [6.07, 6.45) is 0.860. The maximum atomic E-state index is 13.8. The first kappa shape index (κ1) is 21.8. The van der Waals surface area contributed by atoms with Gasteiger partial charge >= 0.3 is 13.6 Å². The zero-order valence-electron chi connectivity index (χ0n) is 14.2. The van der Waals surface area contributed by atoms with Gasteiger partial charge in [0.2, 0.25) is 40.7 Å². The molecule has 1 heterocycles. The third kappa shape index (κ3) is 3.89. The van der Waals surface area contributed by atoms with Crippen LogP contribution in [-0.4, -0.2) is 20.7 Å². The highest BCUT2D eigenvalue weighted by Gasteiger charge is 2.31. The van der Waals surface area contributed by atoms with Crippen molar-refractivity contribution >= 4 is 24.5 Å². The highest BCUT2D eigenvalue weighted by molar-refractivity contribution is 7.51. The molecule has 0 bridgehead atoms. The number of aromatic nitrogens is 1. The molecule has 1 unspecified atom stereocenters. The lowest BCUT2D eigenvalue weighted by molar-refractivity contribution is 0.0716. The van der Waals surface area contributed by atoms with Crippen molar-refractivity contribution in [3.05, 3.63) is 70.7 Å². The number of hydrogen-bond acceptors (Lipinski definition) is 4. The summed E-state index contributed by atoms with van der Waals surface area (Å²) in [6.45, 7) is 0. The van der Waals surface area contributed by atoms with Gasteiger partial charge in [0.15, 0.2) is 0 Å². The van der Waals surface area contributed by atoms with E-state index in [-0.39, 0.29) is 10.9 Å². The van der Waals surface area contributed by atoms with Gasteiger partial charge in [0.1, 0.15) is 0 Å². The van der Waals surface area contributed by atoms with Crippen molar-refractivity contribution in [1.82, 2.24) is 4.98 Å². The van der Waals surface area contributed by atoms with E-state index in [1.807, 2.05) is 0 Å². The zero-order chi connectivity index (χ0) is 22.4. The first-order valence-electron chi connectivity index (χ1n) is 7.74. The maximum Gasteiger partial charge on any atom is 0.364 e. The van der Waals surface area contributed by atoms with E-state index in [1.165, 1.54) is 6.07 Å². The van der Waals surface area contributed by atoms with Gasteiger partial charge in [0.05, 0.1) is 11.1 Å². The highest BCUT2D eigenvalue weighted by atomic mass is 31.2. The Morgan fingerprint density at radius 2 is 1.53 bits per heavy atom. The molecule has 3 aromatic rings. The number of ether oxygens (including phenoxy) is 1. The van der Waals surface area contributed by atoms with E-state index in [9.17, 15) is 35.7 Å². The van der Waals surface area contributed by atoms with Crippen LogP contribution in [0.5, 0.6) is 5.75 Å². The Balaban J connectivity index is 1.99. The van der Waals surface area contributed by atoms with E-state index >= 15 is 0 Å². The topological polar surface area (TPSA) is 96.7 Å². The normalized spacial score (nSPS) is 12.8. The highest BCUT2D eigenvalue weighted by Crippen LogP contribution is 2.52. The second-order valence-electron chi connectivity index (χ2n) is 5.89. The molecule has 0 saturated heterocycles. The number of fused-ring (bicyclic) bond motifs is 1. The molecule has 1 atom stereocenters. The maximum absolute atomic E-state index is 13.8. The van der Waals surface area contributed by atoms with E-state index in [0.29, 0.717) is 0 Å². The second kappa shape index (κ2) is 7.71. The molecule has 0 radical (unpaired) electrons. The first-order valence-corrected chi connectivity index (χ1v) is 9.42. The summed E-state index contributed by atoms with van der Waals surface area (Å²) in [4.78, 5) is 33.7. The van der Waals surface area contributed by atoms with Crippen molar-refractivity contribution in [2.24, 2.45) is 0 Å². The van der Waals surface area contributed by atoms with Crippen LogP contribution in [0.1, 0.15) is 21.8 Å². The van der Waals surface area contributed by atoms with Crippen molar-refractivity contribution in [3.8, 4) is 5.75 Å². The number of carbonyl (C=O) groups excluding carboxylic acids is 1. The standard InChI is InChI=1S/C17H8F6NO5P/c18-10-11(19)13(21)15(14(22)12(10)20)29-17(25)6-1-2-9-7(3-6)4-8(5-24-9)16(23)30(26,27)28/h1-5,16H,(H2,26,27,28). The number of rotatable bonds is 4. The molecule has 0 aliphatic heterocycles. The summed E-state index contributed by atoms with van der Waals surface area (Å²) in [5.41, 5.74) is -0.817. The van der Waals surface area contributed by atoms with Crippen LogP contribution in [0.4, 0.5) is 26.3 Å². The van der Waals surface area contributed by atoms with E-state index < -0.39 is 65.4 Å². The molecule has 0 amide bonds. The minimum atomic E-state index is -5.14. The Labute approximate surface area is 162 Å². The lowest BCUT2D eigenvalue weighted by atomic mass is 10.1. The summed E-state index contributed by atoms with van der Waals surface area (Å²) in [5.74, 6) is -17.8. The Morgan fingerprint density at radius 1 is 0.967 bits per heavy atom. The fourth-order valence-corrected chi connectivity index (χ4v) is 2.96. The van der Waals surface area contributed by atoms with Crippen LogP contribution < -0.4 is 4.74 Å². The fraction of sp³-hybridized carbons (Fsp3) is 0.0588. The molecule has 3 rings (SSSR count). The number of carbonyl (C=O) groups is 1. The Kier molecular flexibility index (Phi) is 5.59. The number of hydrogen-bond donors (Lipinski definition) is 2. The number of pyridine rings is 1. The smallest absolute Gasteiger partial charge is 0.364 e. The van der Waals surface area contributed by atoms with Gasteiger partial charge in [-0.1, -0.05) is 0 Å². The predicted octanol–water partition coefficient (Wildman–Crippen LogP) is 4.30. The molecule has 0 spiro atoms.